The predicted molar refractivity (Wildman–Crippen MR) is 77.5 cm³/mol. The molecule has 4 nitrogen and oxygen atoms in total. The summed E-state index contributed by atoms with van der Waals surface area (Å²) in [5.41, 5.74) is 2.90. The minimum atomic E-state index is -0.0827. The van der Waals surface area contributed by atoms with Crippen molar-refractivity contribution < 1.29 is 9.53 Å². The van der Waals surface area contributed by atoms with Gasteiger partial charge in [-0.15, -0.1) is 0 Å². The van der Waals surface area contributed by atoms with Gasteiger partial charge < -0.3 is 15.0 Å². The van der Waals surface area contributed by atoms with Crippen molar-refractivity contribution in [3.05, 3.63) is 35.9 Å². The molecule has 1 N–H and O–H groups in total. The van der Waals surface area contributed by atoms with E-state index in [4.69, 9.17) is 4.74 Å². The van der Waals surface area contributed by atoms with Crippen molar-refractivity contribution in [3.8, 4) is 0 Å². The Morgan fingerprint density at radius 1 is 1.26 bits per heavy atom. The first-order valence-corrected chi connectivity index (χ1v) is 6.54. The van der Waals surface area contributed by atoms with Crippen LogP contribution in [0.25, 0.3) is 0 Å². The van der Waals surface area contributed by atoms with Crippen LogP contribution in [0.2, 0.25) is 0 Å². The number of carbonyl (C=O) groups is 1. The van der Waals surface area contributed by atoms with Crippen LogP contribution in [0.4, 0.5) is 11.4 Å². The molecule has 1 aromatic rings. The van der Waals surface area contributed by atoms with Crippen LogP contribution < -0.4 is 10.2 Å². The number of hydrogen-bond donors (Lipinski definition) is 1. The molecule has 0 unspecified atom stereocenters. The lowest BCUT2D eigenvalue weighted by Gasteiger charge is -2.30. The molecular weight excluding hydrogens is 240 g/mol. The molecule has 19 heavy (non-hydrogen) atoms. The van der Waals surface area contributed by atoms with Crippen LogP contribution in [-0.4, -0.2) is 32.2 Å². The Kier molecular flexibility index (Phi) is 4.58. The highest BCUT2D eigenvalue weighted by Crippen LogP contribution is 2.26. The number of anilines is 2. The van der Waals surface area contributed by atoms with Gasteiger partial charge in [0, 0.05) is 19.2 Å². The van der Waals surface area contributed by atoms with Crippen molar-refractivity contribution in [2.75, 3.05) is 36.5 Å². The van der Waals surface area contributed by atoms with Crippen molar-refractivity contribution in [2.24, 2.45) is 0 Å². The fourth-order valence-electron chi connectivity index (χ4n) is 2.09. The van der Waals surface area contributed by atoms with E-state index in [9.17, 15) is 4.79 Å². The molecule has 2 rings (SSSR count). The molecule has 0 aliphatic carbocycles. The third-order valence-electron chi connectivity index (χ3n) is 2.93. The molecule has 1 heterocycles. The maximum Gasteiger partial charge on any atom is 0.248 e. The molecule has 1 aliphatic heterocycles. The number of para-hydroxylation sites is 2. The maximum absolute atomic E-state index is 11.8. The van der Waals surface area contributed by atoms with E-state index in [1.54, 1.807) is 6.08 Å². The van der Waals surface area contributed by atoms with Gasteiger partial charge in [0.05, 0.1) is 24.6 Å². The molecule has 0 radical (unpaired) electrons. The number of ether oxygens (including phenoxy) is 1. The number of carbonyl (C=O) groups excluding carboxylic acids is 1. The second-order valence-corrected chi connectivity index (χ2v) is 4.83. The van der Waals surface area contributed by atoms with Gasteiger partial charge in [-0.25, -0.2) is 0 Å². The highest BCUT2D eigenvalue weighted by Gasteiger charge is 2.14. The number of benzene rings is 1. The van der Waals surface area contributed by atoms with Gasteiger partial charge in [-0.2, -0.15) is 0 Å². The maximum atomic E-state index is 11.8. The summed E-state index contributed by atoms with van der Waals surface area (Å²) >= 11 is 0. The van der Waals surface area contributed by atoms with E-state index in [0.29, 0.717) is 0 Å². The molecule has 0 saturated carbocycles. The molecule has 1 fully saturated rings. The van der Waals surface area contributed by atoms with E-state index in [1.165, 1.54) is 0 Å². The van der Waals surface area contributed by atoms with Crippen LogP contribution in [-0.2, 0) is 9.53 Å². The molecule has 0 bridgehead atoms. The second-order valence-electron chi connectivity index (χ2n) is 4.83. The largest absolute Gasteiger partial charge is 0.378 e. The van der Waals surface area contributed by atoms with Gasteiger partial charge in [0.25, 0.3) is 0 Å². The lowest BCUT2D eigenvalue weighted by Crippen LogP contribution is -2.36. The minimum Gasteiger partial charge on any atom is -0.378 e. The van der Waals surface area contributed by atoms with E-state index in [1.807, 2.05) is 38.1 Å². The van der Waals surface area contributed by atoms with Gasteiger partial charge in [0.2, 0.25) is 5.91 Å². The third kappa shape index (κ3) is 3.83. The number of amides is 1. The number of hydrogen-bond acceptors (Lipinski definition) is 3. The average Bonchev–Trinajstić information content (AvgIpc) is 2.39. The first-order valence-electron chi connectivity index (χ1n) is 6.54. The van der Waals surface area contributed by atoms with E-state index in [2.05, 4.69) is 10.2 Å². The van der Waals surface area contributed by atoms with Crippen molar-refractivity contribution in [1.29, 1.82) is 0 Å². The summed E-state index contributed by atoms with van der Waals surface area (Å²) in [7, 11) is 0. The summed E-state index contributed by atoms with van der Waals surface area (Å²) in [6.45, 7) is 7.00. The smallest absolute Gasteiger partial charge is 0.248 e. The molecule has 1 saturated heterocycles. The zero-order chi connectivity index (χ0) is 13.7. The summed E-state index contributed by atoms with van der Waals surface area (Å²) in [6.07, 6.45) is 1.61. The van der Waals surface area contributed by atoms with Crippen LogP contribution in [0, 0.1) is 0 Å². The zero-order valence-electron chi connectivity index (χ0n) is 11.5. The van der Waals surface area contributed by atoms with Gasteiger partial charge >= 0.3 is 0 Å². The molecule has 4 heteroatoms. The Labute approximate surface area is 114 Å². The van der Waals surface area contributed by atoms with Crippen LogP contribution in [0.15, 0.2) is 35.9 Å². The lowest BCUT2D eigenvalue weighted by atomic mass is 10.2. The molecule has 0 atom stereocenters. The molecule has 1 aromatic carbocycles. The Hall–Kier alpha value is -1.81. The zero-order valence-corrected chi connectivity index (χ0v) is 11.5. The van der Waals surface area contributed by atoms with Crippen molar-refractivity contribution in [3.63, 3.8) is 0 Å². The number of nitrogens with one attached hydrogen (secondary N) is 1. The number of nitrogens with zero attached hydrogens (tertiary/aromatic N) is 1. The second kappa shape index (κ2) is 6.38. The number of morpholine rings is 1. The number of allylic oxidation sites excluding steroid dienone is 1. The molecule has 0 aromatic heterocycles. The van der Waals surface area contributed by atoms with Crippen molar-refractivity contribution in [1.82, 2.24) is 0 Å². The molecule has 1 aliphatic rings. The summed E-state index contributed by atoms with van der Waals surface area (Å²) < 4.78 is 5.36. The van der Waals surface area contributed by atoms with Gasteiger partial charge in [-0.05, 0) is 26.0 Å². The topological polar surface area (TPSA) is 41.6 Å². The summed E-state index contributed by atoms with van der Waals surface area (Å²) in [5, 5.41) is 2.94. The monoisotopic (exact) mass is 260 g/mol. The fraction of sp³-hybridized carbons (Fsp3) is 0.400. The summed E-state index contributed by atoms with van der Waals surface area (Å²) in [6, 6.07) is 7.88. The van der Waals surface area contributed by atoms with Crippen molar-refractivity contribution in [2.45, 2.75) is 13.8 Å². The van der Waals surface area contributed by atoms with E-state index in [0.717, 1.165) is 43.3 Å². The molecule has 0 spiro atoms. The van der Waals surface area contributed by atoms with Crippen LogP contribution in [0.5, 0.6) is 0 Å². The first kappa shape index (κ1) is 13.6. The van der Waals surface area contributed by atoms with E-state index in [-0.39, 0.29) is 5.91 Å². The predicted octanol–water partition coefficient (Wildman–Crippen LogP) is 2.43. The Morgan fingerprint density at radius 2 is 1.95 bits per heavy atom. The van der Waals surface area contributed by atoms with Gasteiger partial charge in [0.15, 0.2) is 0 Å². The van der Waals surface area contributed by atoms with Crippen LogP contribution in [0.1, 0.15) is 13.8 Å². The van der Waals surface area contributed by atoms with Gasteiger partial charge in [-0.1, -0.05) is 17.7 Å². The van der Waals surface area contributed by atoms with E-state index < -0.39 is 0 Å². The minimum absolute atomic E-state index is 0.0827. The summed E-state index contributed by atoms with van der Waals surface area (Å²) in [5.74, 6) is -0.0827. The third-order valence-corrected chi connectivity index (χ3v) is 2.93. The lowest BCUT2D eigenvalue weighted by molar-refractivity contribution is -0.111. The SMILES string of the molecule is CC(C)=CC(=O)Nc1ccccc1N1CCOCC1. The molecule has 1 amide bonds. The van der Waals surface area contributed by atoms with Crippen LogP contribution in [0.3, 0.4) is 0 Å². The quantitative estimate of drug-likeness (QED) is 0.849. The van der Waals surface area contributed by atoms with Gasteiger partial charge in [-0.3, -0.25) is 4.79 Å². The van der Waals surface area contributed by atoms with Gasteiger partial charge in [0.1, 0.15) is 0 Å². The first-order chi connectivity index (χ1) is 9.16. The molecule has 102 valence electrons. The Morgan fingerprint density at radius 3 is 2.63 bits per heavy atom. The highest BCUT2D eigenvalue weighted by atomic mass is 16.5. The highest BCUT2D eigenvalue weighted by molar-refractivity contribution is 6.01. The number of rotatable bonds is 3. The average molecular weight is 260 g/mol. The normalized spacial score (nSPS) is 14.9. The Balaban J connectivity index is 2.16. The van der Waals surface area contributed by atoms with Crippen LogP contribution >= 0.6 is 0 Å². The van der Waals surface area contributed by atoms with E-state index >= 15 is 0 Å². The molecular formula is C15H20N2O2. The van der Waals surface area contributed by atoms with Crippen molar-refractivity contribution >= 4 is 17.3 Å². The Bertz CT molecular complexity index is 473. The summed E-state index contributed by atoms with van der Waals surface area (Å²) in [4.78, 5) is 14.1. The standard InChI is InChI=1S/C15H20N2O2/c1-12(2)11-15(18)16-13-5-3-4-6-14(13)17-7-9-19-10-8-17/h3-6,11H,7-10H2,1-2H3,(H,16,18). The fourth-order valence-corrected chi connectivity index (χ4v) is 2.09.